The quantitative estimate of drug-likeness (QED) is 0.832. The Morgan fingerprint density at radius 2 is 1.86 bits per heavy atom. The van der Waals surface area contributed by atoms with Crippen LogP contribution in [0, 0.1) is 0 Å². The highest BCUT2D eigenvalue weighted by atomic mass is 16.6. The molecule has 0 aliphatic carbocycles. The Bertz CT molecular complexity index is 686. The molecular formula is C14H16N4O3. The van der Waals surface area contributed by atoms with Crippen molar-refractivity contribution in [2.24, 2.45) is 5.73 Å². The van der Waals surface area contributed by atoms with E-state index in [4.69, 9.17) is 10.5 Å². The first-order valence-corrected chi connectivity index (χ1v) is 6.33. The first kappa shape index (κ1) is 14.7. The summed E-state index contributed by atoms with van der Waals surface area (Å²) >= 11 is 0. The zero-order chi connectivity index (χ0) is 15.6. The summed E-state index contributed by atoms with van der Waals surface area (Å²) in [5.74, 6) is -1.23. The standard InChI is InChI=1S/C14H16N4O3/c1-14(2,3)21-13(20)9-7-5-4-6-8(9)10-11(12(15)19)17-18-16-10/h4-7H,1-3H3,(H2,15,19)(H,16,17,18). The molecule has 2 aromatic rings. The number of carbonyl (C=O) groups is 2. The molecule has 1 aromatic heterocycles. The van der Waals surface area contributed by atoms with Gasteiger partial charge in [0.15, 0.2) is 5.69 Å². The van der Waals surface area contributed by atoms with Gasteiger partial charge in [-0.25, -0.2) is 4.79 Å². The summed E-state index contributed by atoms with van der Waals surface area (Å²) in [6, 6.07) is 6.68. The van der Waals surface area contributed by atoms with E-state index >= 15 is 0 Å². The van der Waals surface area contributed by atoms with Crippen molar-refractivity contribution >= 4 is 11.9 Å². The number of ether oxygens (including phenoxy) is 1. The van der Waals surface area contributed by atoms with E-state index in [0.717, 1.165) is 0 Å². The van der Waals surface area contributed by atoms with Crippen molar-refractivity contribution in [1.29, 1.82) is 0 Å². The Balaban J connectivity index is 2.49. The molecule has 0 saturated carbocycles. The molecule has 1 aromatic carbocycles. The number of rotatable bonds is 3. The molecule has 3 N–H and O–H groups in total. The number of benzene rings is 1. The van der Waals surface area contributed by atoms with Crippen LogP contribution in [-0.4, -0.2) is 32.9 Å². The second kappa shape index (κ2) is 5.35. The van der Waals surface area contributed by atoms with Crippen LogP contribution in [0.25, 0.3) is 11.3 Å². The summed E-state index contributed by atoms with van der Waals surface area (Å²) < 4.78 is 5.35. The predicted molar refractivity (Wildman–Crippen MR) is 75.5 cm³/mol. The van der Waals surface area contributed by atoms with Gasteiger partial charge in [0, 0.05) is 5.56 Å². The minimum absolute atomic E-state index is 0.0222. The molecule has 0 spiro atoms. The van der Waals surface area contributed by atoms with Gasteiger partial charge in [0.1, 0.15) is 11.3 Å². The lowest BCUT2D eigenvalue weighted by atomic mass is 10.0. The molecule has 2 rings (SSSR count). The maximum Gasteiger partial charge on any atom is 0.339 e. The molecule has 0 aliphatic heterocycles. The van der Waals surface area contributed by atoms with Gasteiger partial charge in [-0.3, -0.25) is 4.79 Å². The third-order valence-electron chi connectivity index (χ3n) is 2.58. The smallest absolute Gasteiger partial charge is 0.339 e. The van der Waals surface area contributed by atoms with E-state index in [2.05, 4.69) is 15.4 Å². The van der Waals surface area contributed by atoms with Crippen LogP contribution in [-0.2, 0) is 4.74 Å². The van der Waals surface area contributed by atoms with Gasteiger partial charge in [0.2, 0.25) is 0 Å². The lowest BCUT2D eigenvalue weighted by Crippen LogP contribution is -2.24. The number of esters is 1. The molecule has 0 unspecified atom stereocenters. The third-order valence-corrected chi connectivity index (χ3v) is 2.58. The second-order valence-electron chi connectivity index (χ2n) is 5.43. The highest BCUT2D eigenvalue weighted by molar-refractivity contribution is 6.02. The van der Waals surface area contributed by atoms with Crippen molar-refractivity contribution in [2.45, 2.75) is 26.4 Å². The minimum atomic E-state index is -0.724. The molecule has 0 bridgehead atoms. The normalized spacial score (nSPS) is 11.2. The van der Waals surface area contributed by atoms with Gasteiger partial charge in [-0.05, 0) is 26.8 Å². The number of nitrogens with two attached hydrogens (primary N) is 1. The number of primary amides is 1. The Kier molecular flexibility index (Phi) is 3.75. The van der Waals surface area contributed by atoms with E-state index < -0.39 is 17.5 Å². The number of amides is 1. The van der Waals surface area contributed by atoms with Crippen LogP contribution in [0.4, 0.5) is 0 Å². The van der Waals surface area contributed by atoms with Gasteiger partial charge in [-0.15, -0.1) is 0 Å². The van der Waals surface area contributed by atoms with E-state index in [0.29, 0.717) is 11.1 Å². The number of H-pyrrole nitrogens is 1. The Labute approximate surface area is 121 Å². The molecule has 1 amide bonds. The summed E-state index contributed by atoms with van der Waals surface area (Å²) in [7, 11) is 0. The number of nitrogens with one attached hydrogen (secondary N) is 1. The van der Waals surface area contributed by atoms with Crippen LogP contribution in [0.2, 0.25) is 0 Å². The Morgan fingerprint density at radius 1 is 1.19 bits per heavy atom. The van der Waals surface area contributed by atoms with Crippen LogP contribution in [0.3, 0.4) is 0 Å². The fourth-order valence-corrected chi connectivity index (χ4v) is 1.79. The average Bonchev–Trinajstić information content (AvgIpc) is 2.85. The molecule has 7 nitrogen and oxygen atoms in total. The molecule has 0 fully saturated rings. The van der Waals surface area contributed by atoms with Crippen molar-refractivity contribution in [3.05, 3.63) is 35.5 Å². The van der Waals surface area contributed by atoms with E-state index in [1.807, 2.05) is 0 Å². The molecule has 0 aliphatic rings. The van der Waals surface area contributed by atoms with E-state index in [1.54, 1.807) is 45.0 Å². The number of hydrogen-bond acceptors (Lipinski definition) is 5. The van der Waals surface area contributed by atoms with Crippen molar-refractivity contribution in [1.82, 2.24) is 15.4 Å². The summed E-state index contributed by atoms with van der Waals surface area (Å²) in [5, 5.41) is 9.95. The number of aromatic nitrogens is 3. The van der Waals surface area contributed by atoms with Crippen LogP contribution in [0.5, 0.6) is 0 Å². The lowest BCUT2D eigenvalue weighted by molar-refractivity contribution is 0.00703. The molecule has 0 atom stereocenters. The topological polar surface area (TPSA) is 111 Å². The predicted octanol–water partition coefficient (Wildman–Crippen LogP) is 1.53. The summed E-state index contributed by atoms with van der Waals surface area (Å²) in [5.41, 5.74) is 5.56. The molecular weight excluding hydrogens is 272 g/mol. The van der Waals surface area contributed by atoms with E-state index in [-0.39, 0.29) is 11.4 Å². The largest absolute Gasteiger partial charge is 0.456 e. The maximum atomic E-state index is 12.3. The Hall–Kier alpha value is -2.70. The van der Waals surface area contributed by atoms with Gasteiger partial charge in [-0.2, -0.15) is 15.4 Å². The molecule has 1 heterocycles. The summed E-state index contributed by atoms with van der Waals surface area (Å²) in [4.78, 5) is 23.6. The highest BCUT2D eigenvalue weighted by Crippen LogP contribution is 2.25. The number of carbonyl (C=O) groups excluding carboxylic acids is 2. The van der Waals surface area contributed by atoms with E-state index in [9.17, 15) is 9.59 Å². The zero-order valence-corrected chi connectivity index (χ0v) is 12.0. The van der Waals surface area contributed by atoms with Gasteiger partial charge in [0.25, 0.3) is 5.91 Å². The zero-order valence-electron chi connectivity index (χ0n) is 12.0. The highest BCUT2D eigenvalue weighted by Gasteiger charge is 2.24. The molecule has 0 radical (unpaired) electrons. The molecule has 110 valence electrons. The first-order valence-electron chi connectivity index (χ1n) is 6.33. The fraction of sp³-hybridized carbons (Fsp3) is 0.286. The minimum Gasteiger partial charge on any atom is -0.456 e. The fourth-order valence-electron chi connectivity index (χ4n) is 1.79. The second-order valence-corrected chi connectivity index (χ2v) is 5.43. The van der Waals surface area contributed by atoms with E-state index in [1.165, 1.54) is 0 Å². The first-order chi connectivity index (χ1) is 9.79. The summed E-state index contributed by atoms with van der Waals surface area (Å²) in [6.45, 7) is 5.33. The van der Waals surface area contributed by atoms with Crippen molar-refractivity contribution in [3.63, 3.8) is 0 Å². The van der Waals surface area contributed by atoms with Crippen LogP contribution < -0.4 is 5.73 Å². The van der Waals surface area contributed by atoms with Crippen molar-refractivity contribution < 1.29 is 14.3 Å². The number of aromatic amines is 1. The Morgan fingerprint density at radius 3 is 2.48 bits per heavy atom. The monoisotopic (exact) mass is 288 g/mol. The van der Waals surface area contributed by atoms with Crippen molar-refractivity contribution in [2.75, 3.05) is 0 Å². The SMILES string of the molecule is CC(C)(C)OC(=O)c1ccccc1-c1n[nH]nc1C(N)=O. The van der Waals surface area contributed by atoms with Crippen LogP contribution in [0.15, 0.2) is 24.3 Å². The van der Waals surface area contributed by atoms with Crippen molar-refractivity contribution in [3.8, 4) is 11.3 Å². The molecule has 7 heteroatoms. The lowest BCUT2D eigenvalue weighted by Gasteiger charge is -2.20. The number of hydrogen-bond donors (Lipinski definition) is 2. The average molecular weight is 288 g/mol. The third kappa shape index (κ3) is 3.25. The molecule has 0 saturated heterocycles. The van der Waals surface area contributed by atoms with Crippen LogP contribution >= 0.6 is 0 Å². The van der Waals surface area contributed by atoms with Gasteiger partial charge in [-0.1, -0.05) is 18.2 Å². The number of nitrogens with zero attached hydrogens (tertiary/aromatic N) is 2. The van der Waals surface area contributed by atoms with Gasteiger partial charge >= 0.3 is 5.97 Å². The summed E-state index contributed by atoms with van der Waals surface area (Å²) in [6.07, 6.45) is 0. The molecule has 21 heavy (non-hydrogen) atoms. The van der Waals surface area contributed by atoms with Gasteiger partial charge < -0.3 is 10.5 Å². The van der Waals surface area contributed by atoms with Gasteiger partial charge in [0.05, 0.1) is 5.56 Å². The van der Waals surface area contributed by atoms with Crippen LogP contribution in [0.1, 0.15) is 41.6 Å². The maximum absolute atomic E-state index is 12.3.